The molecular formula is C21H22O2. The van der Waals surface area contributed by atoms with E-state index in [0.29, 0.717) is 19.6 Å². The largest absolute Gasteiger partial charge is 0.391 e. The topological polar surface area (TPSA) is 29.5 Å². The van der Waals surface area contributed by atoms with Gasteiger partial charge in [0.2, 0.25) is 0 Å². The molecule has 0 fully saturated rings. The Hall–Kier alpha value is -2.34. The third-order valence-corrected chi connectivity index (χ3v) is 3.58. The number of benzene rings is 2. The highest BCUT2D eigenvalue weighted by Crippen LogP contribution is 2.14. The first-order chi connectivity index (χ1) is 11.3. The van der Waals surface area contributed by atoms with Gasteiger partial charge in [0.05, 0.1) is 19.3 Å². The van der Waals surface area contributed by atoms with E-state index in [2.05, 4.69) is 5.92 Å². The highest BCUT2D eigenvalue weighted by molar-refractivity contribution is 5.49. The van der Waals surface area contributed by atoms with E-state index in [-0.39, 0.29) is 5.92 Å². The van der Waals surface area contributed by atoms with Crippen molar-refractivity contribution in [2.75, 3.05) is 6.61 Å². The van der Waals surface area contributed by atoms with Crippen molar-refractivity contribution in [3.63, 3.8) is 0 Å². The van der Waals surface area contributed by atoms with E-state index in [9.17, 15) is 5.11 Å². The number of aliphatic hydroxyl groups excluding tert-OH is 1. The van der Waals surface area contributed by atoms with Crippen LogP contribution < -0.4 is 0 Å². The third kappa shape index (κ3) is 6.12. The molecule has 2 aromatic carbocycles. The van der Waals surface area contributed by atoms with E-state index >= 15 is 0 Å². The van der Waals surface area contributed by atoms with Crippen LogP contribution in [0.25, 0.3) is 6.08 Å². The summed E-state index contributed by atoms with van der Waals surface area (Å²) in [7, 11) is 0. The van der Waals surface area contributed by atoms with Crippen LogP contribution in [-0.4, -0.2) is 17.8 Å². The number of aliphatic hydroxyl groups is 1. The summed E-state index contributed by atoms with van der Waals surface area (Å²) in [6, 6.07) is 20.0. The van der Waals surface area contributed by atoms with Gasteiger partial charge in [-0.15, -0.1) is 12.3 Å². The van der Waals surface area contributed by atoms with Gasteiger partial charge in [0.15, 0.2) is 0 Å². The van der Waals surface area contributed by atoms with E-state index in [1.165, 1.54) is 0 Å². The molecule has 2 nitrogen and oxygen atoms in total. The average molecular weight is 306 g/mol. The summed E-state index contributed by atoms with van der Waals surface area (Å²) >= 11 is 0. The Kier molecular flexibility index (Phi) is 7.13. The summed E-state index contributed by atoms with van der Waals surface area (Å²) in [5, 5.41) is 10.2. The lowest BCUT2D eigenvalue weighted by atomic mass is 9.99. The molecule has 0 aliphatic rings. The molecule has 0 saturated heterocycles. The second-order valence-corrected chi connectivity index (χ2v) is 5.41. The summed E-state index contributed by atoms with van der Waals surface area (Å²) in [5.41, 5.74) is 2.21. The molecule has 2 rings (SSSR count). The van der Waals surface area contributed by atoms with Crippen molar-refractivity contribution < 1.29 is 9.84 Å². The first kappa shape index (κ1) is 17.0. The molecular weight excluding hydrogens is 284 g/mol. The zero-order chi connectivity index (χ0) is 16.3. The maximum absolute atomic E-state index is 10.2. The molecule has 0 heterocycles. The lowest BCUT2D eigenvalue weighted by Crippen LogP contribution is -2.23. The highest BCUT2D eigenvalue weighted by Gasteiger charge is 2.15. The molecule has 0 spiro atoms. The molecule has 2 unspecified atom stereocenters. The smallest absolute Gasteiger partial charge is 0.0734 e. The Morgan fingerprint density at radius 3 is 2.35 bits per heavy atom. The van der Waals surface area contributed by atoms with Crippen LogP contribution in [0.4, 0.5) is 0 Å². The third-order valence-electron chi connectivity index (χ3n) is 3.58. The molecule has 0 aliphatic heterocycles. The second-order valence-electron chi connectivity index (χ2n) is 5.41. The van der Waals surface area contributed by atoms with Crippen molar-refractivity contribution in [1.29, 1.82) is 0 Å². The molecule has 2 aromatic rings. The molecule has 0 bridgehead atoms. The Labute approximate surface area is 138 Å². The standard InChI is InChI=1S/C21H22O2/c1-2-9-21(22)20(15-14-18-10-5-3-6-11-18)17-23-16-19-12-7-4-8-13-19/h1,3-8,10-15,20-22H,9,16-17H2/b15-14+. The minimum atomic E-state index is -0.601. The maximum atomic E-state index is 10.2. The molecule has 0 aromatic heterocycles. The summed E-state index contributed by atoms with van der Waals surface area (Å²) < 4.78 is 5.76. The van der Waals surface area contributed by atoms with Gasteiger partial charge in [-0.2, -0.15) is 0 Å². The lowest BCUT2D eigenvalue weighted by molar-refractivity contribution is 0.0430. The van der Waals surface area contributed by atoms with Gasteiger partial charge in [0, 0.05) is 12.3 Å². The molecule has 23 heavy (non-hydrogen) atoms. The van der Waals surface area contributed by atoms with E-state index in [1.54, 1.807) is 0 Å². The summed E-state index contributed by atoms with van der Waals surface area (Å²) in [4.78, 5) is 0. The van der Waals surface area contributed by atoms with Crippen LogP contribution >= 0.6 is 0 Å². The summed E-state index contributed by atoms with van der Waals surface area (Å²) in [5.74, 6) is 2.39. The van der Waals surface area contributed by atoms with E-state index in [0.717, 1.165) is 11.1 Å². The van der Waals surface area contributed by atoms with Crippen molar-refractivity contribution in [2.45, 2.75) is 19.1 Å². The average Bonchev–Trinajstić information content (AvgIpc) is 2.60. The second kappa shape index (κ2) is 9.63. The van der Waals surface area contributed by atoms with Crippen LogP contribution in [0.1, 0.15) is 17.5 Å². The number of hydrogen-bond donors (Lipinski definition) is 1. The molecule has 118 valence electrons. The van der Waals surface area contributed by atoms with Crippen LogP contribution in [0, 0.1) is 18.3 Å². The molecule has 0 saturated carbocycles. The predicted molar refractivity (Wildman–Crippen MR) is 94.5 cm³/mol. The van der Waals surface area contributed by atoms with E-state index in [4.69, 9.17) is 11.2 Å². The van der Waals surface area contributed by atoms with Crippen molar-refractivity contribution in [3.05, 3.63) is 77.9 Å². The molecule has 1 N–H and O–H groups in total. The fourth-order valence-corrected chi connectivity index (χ4v) is 2.25. The Balaban J connectivity index is 1.94. The molecule has 2 heteroatoms. The van der Waals surface area contributed by atoms with Crippen molar-refractivity contribution in [1.82, 2.24) is 0 Å². The van der Waals surface area contributed by atoms with Gasteiger partial charge in [-0.05, 0) is 11.1 Å². The van der Waals surface area contributed by atoms with Gasteiger partial charge in [0.25, 0.3) is 0 Å². The number of ether oxygens (including phenoxy) is 1. The van der Waals surface area contributed by atoms with Crippen LogP contribution in [0.2, 0.25) is 0 Å². The number of rotatable bonds is 8. The van der Waals surface area contributed by atoms with Gasteiger partial charge >= 0.3 is 0 Å². The van der Waals surface area contributed by atoms with Crippen molar-refractivity contribution >= 4 is 6.08 Å². The van der Waals surface area contributed by atoms with Crippen LogP contribution in [0.5, 0.6) is 0 Å². The Morgan fingerprint density at radius 2 is 1.70 bits per heavy atom. The van der Waals surface area contributed by atoms with Crippen molar-refractivity contribution in [2.24, 2.45) is 5.92 Å². The van der Waals surface area contributed by atoms with Gasteiger partial charge in [-0.3, -0.25) is 0 Å². The zero-order valence-electron chi connectivity index (χ0n) is 13.1. The van der Waals surface area contributed by atoms with Gasteiger partial charge in [0.1, 0.15) is 0 Å². The molecule has 0 amide bonds. The van der Waals surface area contributed by atoms with Gasteiger partial charge in [-0.1, -0.05) is 72.8 Å². The first-order valence-electron chi connectivity index (χ1n) is 7.76. The minimum absolute atomic E-state index is 0.130. The van der Waals surface area contributed by atoms with E-state index in [1.807, 2.05) is 72.8 Å². The highest BCUT2D eigenvalue weighted by atomic mass is 16.5. The SMILES string of the molecule is C#CCC(O)C(/C=C/c1ccccc1)COCc1ccccc1. The fraction of sp³-hybridized carbons (Fsp3) is 0.238. The normalized spacial score (nSPS) is 13.6. The summed E-state index contributed by atoms with van der Waals surface area (Å²) in [6.45, 7) is 0.959. The Morgan fingerprint density at radius 1 is 1.04 bits per heavy atom. The number of terminal acetylenes is 1. The van der Waals surface area contributed by atoms with Gasteiger partial charge in [-0.25, -0.2) is 0 Å². The minimum Gasteiger partial charge on any atom is -0.391 e. The Bertz CT molecular complexity index is 626. The maximum Gasteiger partial charge on any atom is 0.0734 e. The predicted octanol–water partition coefficient (Wildman–Crippen LogP) is 3.92. The summed E-state index contributed by atoms with van der Waals surface area (Å²) in [6.07, 6.45) is 9.01. The molecule has 0 radical (unpaired) electrons. The van der Waals surface area contributed by atoms with Crippen LogP contribution in [0.3, 0.4) is 0 Å². The van der Waals surface area contributed by atoms with Crippen molar-refractivity contribution in [3.8, 4) is 12.3 Å². The lowest BCUT2D eigenvalue weighted by Gasteiger charge is -2.18. The fourth-order valence-electron chi connectivity index (χ4n) is 2.25. The molecule has 2 atom stereocenters. The first-order valence-corrected chi connectivity index (χ1v) is 7.76. The zero-order valence-corrected chi connectivity index (χ0v) is 13.1. The number of hydrogen-bond acceptors (Lipinski definition) is 2. The van der Waals surface area contributed by atoms with Crippen LogP contribution in [0.15, 0.2) is 66.7 Å². The van der Waals surface area contributed by atoms with Crippen LogP contribution in [-0.2, 0) is 11.3 Å². The quantitative estimate of drug-likeness (QED) is 0.749. The molecule has 0 aliphatic carbocycles. The van der Waals surface area contributed by atoms with E-state index < -0.39 is 6.10 Å². The van der Waals surface area contributed by atoms with Gasteiger partial charge < -0.3 is 9.84 Å². The monoisotopic (exact) mass is 306 g/mol.